The van der Waals surface area contributed by atoms with Crippen molar-refractivity contribution in [3.05, 3.63) is 35.9 Å². The molecule has 1 rings (SSSR count). The highest BCUT2D eigenvalue weighted by molar-refractivity contribution is 7.99. The van der Waals surface area contributed by atoms with Crippen LogP contribution in [0.3, 0.4) is 0 Å². The van der Waals surface area contributed by atoms with Crippen LogP contribution in [0.1, 0.15) is 12.0 Å². The molecule has 0 saturated carbocycles. The molecule has 0 fully saturated rings. The average Bonchev–Trinajstić information content (AvgIpc) is 2.16. The number of hydrogen-bond acceptors (Lipinski definition) is 4. The molecule has 6 heteroatoms. The first-order valence-electron chi connectivity index (χ1n) is 4.27. The summed E-state index contributed by atoms with van der Waals surface area (Å²) >= 11 is 8.55. The maximum atomic E-state index is 10.6. The van der Waals surface area contributed by atoms with Gasteiger partial charge in [0.25, 0.3) is 10.1 Å². The maximum Gasteiger partial charge on any atom is 0.264 e. The summed E-state index contributed by atoms with van der Waals surface area (Å²) in [5, 5.41) is 0. The summed E-state index contributed by atoms with van der Waals surface area (Å²) < 4.78 is 29.0. The lowest BCUT2D eigenvalue weighted by Gasteiger charge is -2.22. The molecule has 1 aromatic carbocycles. The van der Waals surface area contributed by atoms with E-state index in [1.54, 1.807) is 0 Å². The van der Waals surface area contributed by atoms with Crippen molar-refractivity contribution in [1.29, 1.82) is 0 Å². The van der Waals surface area contributed by atoms with Crippen molar-refractivity contribution in [2.75, 3.05) is 5.75 Å². The highest BCUT2D eigenvalue weighted by Gasteiger charge is 2.24. The van der Waals surface area contributed by atoms with E-state index in [0.717, 1.165) is 5.56 Å². The Bertz CT molecular complexity index is 411. The topological polar surface area (TPSA) is 54.4 Å². The number of benzene rings is 1. The van der Waals surface area contributed by atoms with Crippen LogP contribution in [-0.4, -0.2) is 18.7 Å². The fraction of sp³-hybridized carbons (Fsp3) is 0.333. The van der Waals surface area contributed by atoms with E-state index >= 15 is 0 Å². The third-order valence-corrected chi connectivity index (χ3v) is 3.63. The standard InChI is InChI=1S/C9H12O3S3/c10-15(11,12)7-6-9(13,14)8-4-2-1-3-5-8/h1-5,13-14H,6-7H2,(H,10,11,12). The minimum atomic E-state index is -3.96. The number of rotatable bonds is 4. The summed E-state index contributed by atoms with van der Waals surface area (Å²) in [6.07, 6.45) is 0.141. The fourth-order valence-electron chi connectivity index (χ4n) is 1.12. The van der Waals surface area contributed by atoms with E-state index in [0.29, 0.717) is 0 Å². The van der Waals surface area contributed by atoms with Crippen molar-refractivity contribution in [2.24, 2.45) is 0 Å². The molecule has 0 heterocycles. The molecule has 1 aromatic rings. The molecule has 0 aromatic heterocycles. The van der Waals surface area contributed by atoms with Gasteiger partial charge in [0, 0.05) is 0 Å². The van der Waals surface area contributed by atoms with Crippen molar-refractivity contribution in [2.45, 2.75) is 10.5 Å². The molecule has 0 radical (unpaired) electrons. The van der Waals surface area contributed by atoms with Gasteiger partial charge in [-0.2, -0.15) is 33.7 Å². The quantitative estimate of drug-likeness (QED) is 0.443. The Balaban J connectivity index is 2.76. The third kappa shape index (κ3) is 4.46. The fourth-order valence-corrected chi connectivity index (χ4v) is 2.51. The van der Waals surface area contributed by atoms with E-state index in [-0.39, 0.29) is 12.2 Å². The maximum absolute atomic E-state index is 10.6. The molecule has 0 unspecified atom stereocenters. The molecule has 1 N–H and O–H groups in total. The predicted octanol–water partition coefficient (Wildman–Crippen LogP) is 1.98. The van der Waals surface area contributed by atoms with Gasteiger partial charge in [0.15, 0.2) is 0 Å². The zero-order chi connectivity index (χ0) is 11.5. The van der Waals surface area contributed by atoms with Crippen LogP contribution >= 0.6 is 25.3 Å². The summed E-state index contributed by atoms with van der Waals surface area (Å²) in [5.74, 6) is -0.352. The van der Waals surface area contributed by atoms with Crippen LogP contribution in [0, 0.1) is 0 Å². The van der Waals surface area contributed by atoms with Crippen LogP contribution in [0.15, 0.2) is 30.3 Å². The molecule has 3 nitrogen and oxygen atoms in total. The first kappa shape index (κ1) is 12.9. The van der Waals surface area contributed by atoms with E-state index in [9.17, 15) is 8.42 Å². The minimum Gasteiger partial charge on any atom is -0.286 e. The Kier molecular flexibility index (Phi) is 4.11. The van der Waals surface area contributed by atoms with Crippen molar-refractivity contribution >= 4 is 35.4 Å². The Morgan fingerprint density at radius 2 is 1.73 bits per heavy atom. The summed E-state index contributed by atoms with van der Waals surface area (Å²) in [6.45, 7) is 0. The summed E-state index contributed by atoms with van der Waals surface area (Å²) in [5.41, 5.74) is 0.806. The molecule has 84 valence electrons. The number of thiol groups is 2. The highest BCUT2D eigenvalue weighted by Crippen LogP contribution is 2.36. The molecule has 0 atom stereocenters. The van der Waals surface area contributed by atoms with Gasteiger partial charge in [-0.3, -0.25) is 4.55 Å². The Morgan fingerprint density at radius 3 is 2.20 bits per heavy atom. The monoisotopic (exact) mass is 264 g/mol. The van der Waals surface area contributed by atoms with Gasteiger partial charge in [0.05, 0.1) is 9.83 Å². The lowest BCUT2D eigenvalue weighted by atomic mass is 10.1. The minimum absolute atomic E-state index is 0.141. The highest BCUT2D eigenvalue weighted by atomic mass is 32.2. The second kappa shape index (κ2) is 4.78. The van der Waals surface area contributed by atoms with Gasteiger partial charge < -0.3 is 0 Å². The normalized spacial score (nSPS) is 12.7. The van der Waals surface area contributed by atoms with Crippen LogP contribution < -0.4 is 0 Å². The zero-order valence-corrected chi connectivity index (χ0v) is 10.5. The predicted molar refractivity (Wildman–Crippen MR) is 67.1 cm³/mol. The van der Waals surface area contributed by atoms with Crippen LogP contribution in [0.25, 0.3) is 0 Å². The number of hydrogen-bond donors (Lipinski definition) is 3. The Hall–Kier alpha value is -0.170. The molecule has 0 spiro atoms. The van der Waals surface area contributed by atoms with E-state index in [2.05, 4.69) is 25.3 Å². The lowest BCUT2D eigenvalue weighted by molar-refractivity contribution is 0.480. The smallest absolute Gasteiger partial charge is 0.264 e. The first-order valence-corrected chi connectivity index (χ1v) is 6.77. The zero-order valence-electron chi connectivity index (χ0n) is 7.87. The van der Waals surface area contributed by atoms with Gasteiger partial charge >= 0.3 is 0 Å². The van der Waals surface area contributed by atoms with Crippen LogP contribution in [0.2, 0.25) is 0 Å². The summed E-state index contributed by atoms with van der Waals surface area (Å²) in [7, 11) is -3.96. The second-order valence-corrected chi connectivity index (χ2v) is 6.67. The van der Waals surface area contributed by atoms with Gasteiger partial charge in [-0.25, -0.2) is 0 Å². The molecule has 0 aliphatic carbocycles. The average molecular weight is 264 g/mol. The van der Waals surface area contributed by atoms with E-state index in [1.807, 2.05) is 30.3 Å². The SMILES string of the molecule is O=S(=O)(O)CCC(S)(S)c1ccccc1. The van der Waals surface area contributed by atoms with Crippen molar-refractivity contribution in [1.82, 2.24) is 0 Å². The van der Waals surface area contributed by atoms with Crippen molar-refractivity contribution in [3.63, 3.8) is 0 Å². The molecular weight excluding hydrogens is 252 g/mol. The first-order chi connectivity index (χ1) is 6.81. The Morgan fingerprint density at radius 1 is 1.20 bits per heavy atom. The molecule has 0 amide bonds. The molecule has 0 aliphatic rings. The Labute approximate surface area is 100 Å². The van der Waals surface area contributed by atoms with Crippen LogP contribution in [0.5, 0.6) is 0 Å². The van der Waals surface area contributed by atoms with Gasteiger partial charge in [-0.05, 0) is 12.0 Å². The van der Waals surface area contributed by atoms with Crippen LogP contribution in [-0.2, 0) is 14.2 Å². The summed E-state index contributed by atoms with van der Waals surface area (Å²) in [4.78, 5) is 0. The molecule has 0 aliphatic heterocycles. The van der Waals surface area contributed by atoms with Gasteiger partial charge in [0.2, 0.25) is 0 Å². The molecule has 15 heavy (non-hydrogen) atoms. The van der Waals surface area contributed by atoms with Crippen molar-refractivity contribution < 1.29 is 13.0 Å². The second-order valence-electron chi connectivity index (χ2n) is 3.22. The molecule has 0 saturated heterocycles. The summed E-state index contributed by atoms with van der Waals surface area (Å²) in [6, 6.07) is 9.12. The van der Waals surface area contributed by atoms with E-state index in [4.69, 9.17) is 4.55 Å². The van der Waals surface area contributed by atoms with Gasteiger partial charge in [-0.15, -0.1) is 0 Å². The van der Waals surface area contributed by atoms with E-state index in [1.165, 1.54) is 0 Å². The van der Waals surface area contributed by atoms with Crippen LogP contribution in [0.4, 0.5) is 0 Å². The molecule has 0 bridgehead atoms. The van der Waals surface area contributed by atoms with Crippen molar-refractivity contribution in [3.8, 4) is 0 Å². The van der Waals surface area contributed by atoms with Gasteiger partial charge in [-0.1, -0.05) is 30.3 Å². The third-order valence-electron chi connectivity index (χ3n) is 1.94. The van der Waals surface area contributed by atoms with E-state index < -0.39 is 14.2 Å². The largest absolute Gasteiger partial charge is 0.286 e. The van der Waals surface area contributed by atoms with Gasteiger partial charge in [0.1, 0.15) is 0 Å². The lowest BCUT2D eigenvalue weighted by Crippen LogP contribution is -2.17. The molecular formula is C9H12O3S3.